The van der Waals surface area contributed by atoms with Crippen molar-refractivity contribution in [3.05, 3.63) is 0 Å². The van der Waals surface area contributed by atoms with Gasteiger partial charge in [0, 0.05) is 25.5 Å². The largest absolute Gasteiger partial charge is 0.279 e. The first kappa shape index (κ1) is 12.2. The Morgan fingerprint density at radius 1 is 1.36 bits per heavy atom. The molecule has 0 aromatic heterocycles. The highest BCUT2D eigenvalue weighted by Gasteiger charge is 2.37. The molecule has 0 saturated heterocycles. The van der Waals surface area contributed by atoms with Gasteiger partial charge in [-0.15, -0.1) is 11.6 Å². The fraction of sp³-hybridized carbons (Fsp3) is 1.00. The highest BCUT2D eigenvalue weighted by atomic mass is 35.5. The third-order valence-corrected chi connectivity index (χ3v) is 4.81. The van der Waals surface area contributed by atoms with Crippen molar-refractivity contribution in [3.63, 3.8) is 0 Å². The first-order valence-corrected chi connectivity index (χ1v) is 6.67. The van der Waals surface area contributed by atoms with E-state index in [2.05, 4.69) is 4.72 Å². The zero-order valence-corrected chi connectivity index (χ0v) is 10.2. The SMILES string of the molecule is CN(C)S(=O)(=O)NC1(CCl)CCCC1. The highest BCUT2D eigenvalue weighted by Crippen LogP contribution is 2.31. The molecule has 1 N–H and O–H groups in total. The Balaban J connectivity index is 2.75. The molecule has 0 aromatic carbocycles. The van der Waals surface area contributed by atoms with Crippen LogP contribution in [0.4, 0.5) is 0 Å². The van der Waals surface area contributed by atoms with Crippen LogP contribution in [0.1, 0.15) is 25.7 Å². The van der Waals surface area contributed by atoms with Crippen LogP contribution in [0.2, 0.25) is 0 Å². The lowest BCUT2D eigenvalue weighted by molar-refractivity contribution is 0.410. The lowest BCUT2D eigenvalue weighted by Crippen LogP contribution is -2.51. The standard InChI is InChI=1S/C8H17ClN2O2S/c1-11(2)14(12,13)10-8(7-9)5-3-4-6-8/h10H,3-7H2,1-2H3. The van der Waals surface area contributed by atoms with E-state index in [4.69, 9.17) is 11.6 Å². The van der Waals surface area contributed by atoms with Crippen molar-refractivity contribution in [3.8, 4) is 0 Å². The number of halogens is 1. The van der Waals surface area contributed by atoms with Crippen LogP contribution < -0.4 is 4.72 Å². The van der Waals surface area contributed by atoms with E-state index in [1.807, 2.05) is 0 Å². The summed E-state index contributed by atoms with van der Waals surface area (Å²) in [5.74, 6) is 0.347. The third kappa shape index (κ3) is 2.59. The summed E-state index contributed by atoms with van der Waals surface area (Å²) in [6.45, 7) is 0. The van der Waals surface area contributed by atoms with Crippen molar-refractivity contribution < 1.29 is 8.42 Å². The molecule has 1 rings (SSSR count). The predicted octanol–water partition coefficient (Wildman–Crippen LogP) is 0.934. The molecule has 1 aliphatic rings. The maximum Gasteiger partial charge on any atom is 0.279 e. The van der Waals surface area contributed by atoms with E-state index in [0.29, 0.717) is 5.88 Å². The third-order valence-electron chi connectivity index (χ3n) is 2.64. The van der Waals surface area contributed by atoms with Crippen LogP contribution in [0.15, 0.2) is 0 Å². The maximum atomic E-state index is 11.6. The zero-order chi connectivity index (χ0) is 10.8. The molecule has 14 heavy (non-hydrogen) atoms. The summed E-state index contributed by atoms with van der Waals surface area (Å²) in [5, 5.41) is 0. The Labute approximate surface area is 90.8 Å². The van der Waals surface area contributed by atoms with Crippen molar-refractivity contribution >= 4 is 21.8 Å². The Kier molecular flexibility index (Phi) is 3.80. The summed E-state index contributed by atoms with van der Waals surface area (Å²) < 4.78 is 27.1. The smallest absolute Gasteiger partial charge is 0.195 e. The first-order valence-electron chi connectivity index (χ1n) is 4.69. The number of nitrogens with zero attached hydrogens (tertiary/aromatic N) is 1. The van der Waals surface area contributed by atoms with Gasteiger partial charge in [0.15, 0.2) is 0 Å². The normalized spacial score (nSPS) is 21.7. The van der Waals surface area contributed by atoms with Gasteiger partial charge in [-0.05, 0) is 12.8 Å². The summed E-state index contributed by atoms with van der Waals surface area (Å²) >= 11 is 5.83. The quantitative estimate of drug-likeness (QED) is 0.744. The van der Waals surface area contributed by atoms with Gasteiger partial charge in [-0.3, -0.25) is 0 Å². The average Bonchev–Trinajstić information content (AvgIpc) is 2.53. The van der Waals surface area contributed by atoms with E-state index in [0.717, 1.165) is 25.7 Å². The van der Waals surface area contributed by atoms with Crippen molar-refractivity contribution in [1.29, 1.82) is 0 Å². The van der Waals surface area contributed by atoms with Gasteiger partial charge in [-0.2, -0.15) is 17.4 Å². The second-order valence-corrected chi connectivity index (χ2v) is 6.16. The molecule has 0 aromatic rings. The van der Waals surface area contributed by atoms with Crippen molar-refractivity contribution in [2.24, 2.45) is 0 Å². The number of hydrogen-bond acceptors (Lipinski definition) is 2. The van der Waals surface area contributed by atoms with Gasteiger partial charge in [0.1, 0.15) is 0 Å². The molecule has 0 atom stereocenters. The van der Waals surface area contributed by atoms with E-state index < -0.39 is 15.7 Å². The van der Waals surface area contributed by atoms with E-state index in [1.165, 1.54) is 18.4 Å². The average molecular weight is 241 g/mol. The van der Waals surface area contributed by atoms with Gasteiger partial charge in [0.05, 0.1) is 0 Å². The van der Waals surface area contributed by atoms with Crippen molar-refractivity contribution in [1.82, 2.24) is 9.03 Å². The van der Waals surface area contributed by atoms with Gasteiger partial charge >= 0.3 is 0 Å². The zero-order valence-electron chi connectivity index (χ0n) is 8.59. The topological polar surface area (TPSA) is 49.4 Å². The van der Waals surface area contributed by atoms with E-state index in [9.17, 15) is 8.42 Å². The van der Waals surface area contributed by atoms with Crippen LogP contribution in [0.25, 0.3) is 0 Å². The minimum atomic E-state index is -3.35. The maximum absolute atomic E-state index is 11.6. The van der Waals surface area contributed by atoms with Gasteiger partial charge in [0.25, 0.3) is 10.2 Å². The van der Waals surface area contributed by atoms with Gasteiger partial charge in [0.2, 0.25) is 0 Å². The lowest BCUT2D eigenvalue weighted by atomic mass is 10.0. The van der Waals surface area contributed by atoms with Crippen LogP contribution in [0.3, 0.4) is 0 Å². The molecule has 1 fully saturated rings. The molecular weight excluding hydrogens is 224 g/mol. The molecule has 0 bridgehead atoms. The molecule has 0 amide bonds. The lowest BCUT2D eigenvalue weighted by Gasteiger charge is -2.28. The fourth-order valence-corrected chi connectivity index (χ4v) is 3.10. The highest BCUT2D eigenvalue weighted by molar-refractivity contribution is 7.87. The Morgan fingerprint density at radius 2 is 1.86 bits per heavy atom. The molecule has 4 nitrogen and oxygen atoms in total. The molecule has 0 unspecified atom stereocenters. The molecule has 0 spiro atoms. The molecule has 0 radical (unpaired) electrons. The van der Waals surface area contributed by atoms with E-state index in [1.54, 1.807) is 0 Å². The minimum absolute atomic E-state index is 0.347. The summed E-state index contributed by atoms with van der Waals surface area (Å²) in [5.41, 5.74) is -0.412. The van der Waals surface area contributed by atoms with Gasteiger partial charge in [-0.1, -0.05) is 12.8 Å². The number of alkyl halides is 1. The van der Waals surface area contributed by atoms with Crippen LogP contribution in [-0.4, -0.2) is 38.2 Å². The van der Waals surface area contributed by atoms with Crippen LogP contribution in [0.5, 0.6) is 0 Å². The number of rotatable bonds is 4. The molecular formula is C8H17ClN2O2S. The summed E-state index contributed by atoms with van der Waals surface area (Å²) in [7, 11) is -0.327. The monoisotopic (exact) mass is 240 g/mol. The Hall–Kier alpha value is 0.160. The molecule has 1 saturated carbocycles. The molecule has 0 heterocycles. The second-order valence-electron chi connectivity index (χ2n) is 4.01. The second kappa shape index (κ2) is 4.35. The number of hydrogen-bond donors (Lipinski definition) is 1. The van der Waals surface area contributed by atoms with E-state index >= 15 is 0 Å². The van der Waals surface area contributed by atoms with Crippen LogP contribution in [0, 0.1) is 0 Å². The van der Waals surface area contributed by atoms with Crippen LogP contribution in [-0.2, 0) is 10.2 Å². The predicted molar refractivity (Wildman–Crippen MR) is 57.7 cm³/mol. The molecule has 1 aliphatic carbocycles. The fourth-order valence-electron chi connectivity index (χ4n) is 1.68. The molecule has 84 valence electrons. The summed E-state index contributed by atoms with van der Waals surface area (Å²) in [6.07, 6.45) is 3.76. The van der Waals surface area contributed by atoms with Gasteiger partial charge < -0.3 is 0 Å². The van der Waals surface area contributed by atoms with Gasteiger partial charge in [-0.25, -0.2) is 0 Å². The van der Waals surface area contributed by atoms with Crippen molar-refractivity contribution in [2.75, 3.05) is 20.0 Å². The Bertz CT molecular complexity index is 284. The summed E-state index contributed by atoms with van der Waals surface area (Å²) in [6, 6.07) is 0. The molecule has 0 aliphatic heterocycles. The summed E-state index contributed by atoms with van der Waals surface area (Å²) in [4.78, 5) is 0. The number of nitrogens with one attached hydrogen (secondary N) is 1. The minimum Gasteiger partial charge on any atom is -0.195 e. The Morgan fingerprint density at radius 3 is 2.21 bits per heavy atom. The van der Waals surface area contributed by atoms with E-state index in [-0.39, 0.29) is 0 Å². The van der Waals surface area contributed by atoms with Crippen LogP contribution >= 0.6 is 11.6 Å². The molecule has 6 heteroatoms. The van der Waals surface area contributed by atoms with Crippen molar-refractivity contribution in [2.45, 2.75) is 31.2 Å². The first-order chi connectivity index (χ1) is 6.42.